The zero-order valence-corrected chi connectivity index (χ0v) is 13.7. The highest BCUT2D eigenvalue weighted by atomic mass is 35.5. The second kappa shape index (κ2) is 5.59. The summed E-state index contributed by atoms with van der Waals surface area (Å²) in [6.45, 7) is 0. The summed E-state index contributed by atoms with van der Waals surface area (Å²) in [6.07, 6.45) is 0. The van der Waals surface area contributed by atoms with Crippen molar-refractivity contribution in [3.8, 4) is 12.1 Å². The molecule has 2 heterocycles. The third-order valence-corrected chi connectivity index (χ3v) is 4.67. The average molecular weight is 346 g/mol. The van der Waals surface area contributed by atoms with Crippen molar-refractivity contribution in [3.63, 3.8) is 0 Å². The predicted octanol–water partition coefficient (Wildman–Crippen LogP) is 3.80. The molecule has 0 aliphatic carbocycles. The Hall–Kier alpha value is -3.41. The molecule has 120 valence electrons. The molecule has 6 heteroatoms. The van der Waals surface area contributed by atoms with E-state index in [0.717, 1.165) is 16.9 Å². The highest BCUT2D eigenvalue weighted by Crippen LogP contribution is 2.47. The van der Waals surface area contributed by atoms with Crippen molar-refractivity contribution in [2.45, 2.75) is 5.92 Å². The minimum absolute atomic E-state index is 0.328. The summed E-state index contributed by atoms with van der Waals surface area (Å²) in [7, 11) is 0. The standard InChI is InChI=1S/C19H12ClN5/c20-12-7-5-11(6-8-12)17-13(9-21)18(23)25-16-4-2-1-3-15(16)24-19(25)14(17)10-22/h1-8,17,24H,23H2. The van der Waals surface area contributed by atoms with Gasteiger partial charge in [0.05, 0.1) is 40.6 Å². The number of hydrogen-bond donors (Lipinski definition) is 2. The van der Waals surface area contributed by atoms with Crippen molar-refractivity contribution >= 4 is 23.0 Å². The van der Waals surface area contributed by atoms with Crippen LogP contribution in [0.1, 0.15) is 11.5 Å². The maximum Gasteiger partial charge on any atom is 0.131 e. The normalized spacial score (nSPS) is 18.2. The Balaban J connectivity index is 1.96. The highest BCUT2D eigenvalue weighted by Gasteiger charge is 2.39. The van der Waals surface area contributed by atoms with E-state index in [0.29, 0.717) is 27.8 Å². The van der Waals surface area contributed by atoms with E-state index in [1.54, 1.807) is 17.0 Å². The molecule has 0 saturated heterocycles. The largest absolute Gasteiger partial charge is 0.384 e. The number of rotatable bonds is 1. The Morgan fingerprint density at radius 2 is 1.68 bits per heavy atom. The van der Waals surface area contributed by atoms with Crippen LogP contribution in [0.2, 0.25) is 5.02 Å². The van der Waals surface area contributed by atoms with E-state index in [1.165, 1.54) is 0 Å². The van der Waals surface area contributed by atoms with E-state index in [2.05, 4.69) is 17.5 Å². The summed E-state index contributed by atoms with van der Waals surface area (Å²) in [4.78, 5) is 1.73. The Labute approximate surface area is 149 Å². The fourth-order valence-corrected chi connectivity index (χ4v) is 3.42. The smallest absolute Gasteiger partial charge is 0.131 e. The van der Waals surface area contributed by atoms with Gasteiger partial charge in [-0.2, -0.15) is 10.5 Å². The Morgan fingerprint density at radius 3 is 2.36 bits per heavy atom. The average Bonchev–Trinajstić information content (AvgIpc) is 3.02. The summed E-state index contributed by atoms with van der Waals surface area (Å²) >= 11 is 5.97. The van der Waals surface area contributed by atoms with Gasteiger partial charge >= 0.3 is 0 Å². The number of halogens is 1. The fraction of sp³-hybridized carbons (Fsp3) is 0.0526. The second-order valence-electron chi connectivity index (χ2n) is 5.75. The number of benzene rings is 2. The first-order valence-electron chi connectivity index (χ1n) is 7.61. The molecule has 0 fully saturated rings. The van der Waals surface area contributed by atoms with Crippen molar-refractivity contribution < 1.29 is 0 Å². The van der Waals surface area contributed by atoms with E-state index in [4.69, 9.17) is 17.3 Å². The lowest BCUT2D eigenvalue weighted by molar-refractivity contribution is 0.868. The summed E-state index contributed by atoms with van der Waals surface area (Å²) in [5.74, 6) is 0.398. The molecule has 0 aromatic heterocycles. The number of nitrogens with two attached hydrogens (primary N) is 1. The lowest BCUT2D eigenvalue weighted by atomic mass is 9.83. The van der Waals surface area contributed by atoms with Crippen molar-refractivity contribution in [2.75, 3.05) is 10.2 Å². The number of nitrogens with one attached hydrogen (secondary N) is 1. The molecule has 2 aliphatic heterocycles. The van der Waals surface area contributed by atoms with Crippen LogP contribution in [0.3, 0.4) is 0 Å². The molecule has 2 aromatic rings. The molecule has 5 nitrogen and oxygen atoms in total. The third kappa shape index (κ3) is 2.15. The van der Waals surface area contributed by atoms with Crippen LogP contribution in [0.4, 0.5) is 11.4 Å². The molecule has 0 spiro atoms. The van der Waals surface area contributed by atoms with Gasteiger partial charge in [-0.15, -0.1) is 0 Å². The van der Waals surface area contributed by atoms with E-state index in [9.17, 15) is 10.5 Å². The molecule has 0 radical (unpaired) electrons. The topological polar surface area (TPSA) is 88.9 Å². The number of para-hydroxylation sites is 2. The van der Waals surface area contributed by atoms with Crippen LogP contribution in [0.5, 0.6) is 0 Å². The van der Waals surface area contributed by atoms with E-state index in [1.807, 2.05) is 36.4 Å². The number of nitrogens with zero attached hydrogens (tertiary/aromatic N) is 3. The molecule has 4 rings (SSSR count). The van der Waals surface area contributed by atoms with Crippen LogP contribution in [-0.4, -0.2) is 0 Å². The molecule has 0 saturated carbocycles. The lowest BCUT2D eigenvalue weighted by Gasteiger charge is -2.31. The summed E-state index contributed by atoms with van der Waals surface area (Å²) in [5, 5.41) is 23.4. The summed E-state index contributed by atoms with van der Waals surface area (Å²) in [6, 6.07) is 19.2. The first-order valence-corrected chi connectivity index (χ1v) is 7.99. The summed E-state index contributed by atoms with van der Waals surface area (Å²) < 4.78 is 0. The number of fused-ring (bicyclic) bond motifs is 3. The Bertz CT molecular complexity index is 1020. The number of allylic oxidation sites excluding steroid dienone is 2. The summed E-state index contributed by atoms with van der Waals surface area (Å²) in [5.41, 5.74) is 9.60. The van der Waals surface area contributed by atoms with Gasteiger partial charge in [0.1, 0.15) is 11.6 Å². The van der Waals surface area contributed by atoms with Gasteiger partial charge in [-0.25, -0.2) is 0 Å². The zero-order chi connectivity index (χ0) is 17.6. The van der Waals surface area contributed by atoms with Gasteiger partial charge < -0.3 is 11.1 Å². The Kier molecular flexibility index (Phi) is 3.39. The lowest BCUT2D eigenvalue weighted by Crippen LogP contribution is -2.34. The number of hydrogen-bond acceptors (Lipinski definition) is 5. The van der Waals surface area contributed by atoms with Gasteiger partial charge in [-0.1, -0.05) is 35.9 Å². The highest BCUT2D eigenvalue weighted by molar-refractivity contribution is 6.30. The SMILES string of the molecule is N#CC1=C(N)N2C(=C(C#N)C1c1ccc(Cl)cc1)Nc1ccccc12. The van der Waals surface area contributed by atoms with Gasteiger partial charge in [0.15, 0.2) is 0 Å². The minimum Gasteiger partial charge on any atom is -0.384 e. The first kappa shape index (κ1) is 15.1. The maximum atomic E-state index is 9.83. The van der Waals surface area contributed by atoms with Gasteiger partial charge in [-0.3, -0.25) is 4.90 Å². The molecule has 0 amide bonds. The van der Waals surface area contributed by atoms with E-state index < -0.39 is 5.92 Å². The first-order chi connectivity index (χ1) is 12.2. The van der Waals surface area contributed by atoms with Crippen LogP contribution >= 0.6 is 11.6 Å². The van der Waals surface area contributed by atoms with E-state index in [-0.39, 0.29) is 0 Å². The van der Waals surface area contributed by atoms with Crippen molar-refractivity contribution in [2.24, 2.45) is 5.73 Å². The van der Waals surface area contributed by atoms with Crippen molar-refractivity contribution in [1.29, 1.82) is 10.5 Å². The molecule has 2 aliphatic rings. The molecular formula is C19H12ClN5. The van der Waals surface area contributed by atoms with Gasteiger partial charge in [0.25, 0.3) is 0 Å². The van der Waals surface area contributed by atoms with Crippen molar-refractivity contribution in [3.05, 3.63) is 81.9 Å². The molecule has 2 aromatic carbocycles. The van der Waals surface area contributed by atoms with Crippen LogP contribution in [0.25, 0.3) is 0 Å². The maximum absolute atomic E-state index is 9.83. The second-order valence-corrected chi connectivity index (χ2v) is 6.18. The molecule has 25 heavy (non-hydrogen) atoms. The van der Waals surface area contributed by atoms with Gasteiger partial charge in [-0.05, 0) is 29.8 Å². The minimum atomic E-state index is -0.527. The Morgan fingerprint density at radius 1 is 1.00 bits per heavy atom. The quantitative estimate of drug-likeness (QED) is 0.820. The zero-order valence-electron chi connectivity index (χ0n) is 13.0. The number of anilines is 2. The molecule has 1 unspecified atom stereocenters. The van der Waals surface area contributed by atoms with E-state index >= 15 is 0 Å². The molecule has 1 atom stereocenters. The molecule has 0 bridgehead atoms. The van der Waals surface area contributed by atoms with Gasteiger partial charge in [0.2, 0.25) is 0 Å². The predicted molar refractivity (Wildman–Crippen MR) is 96.2 cm³/mol. The van der Waals surface area contributed by atoms with Gasteiger partial charge in [0, 0.05) is 5.02 Å². The number of nitriles is 2. The molecule has 3 N–H and O–H groups in total. The third-order valence-electron chi connectivity index (χ3n) is 4.42. The molecular weight excluding hydrogens is 334 g/mol. The van der Waals surface area contributed by atoms with Crippen molar-refractivity contribution in [1.82, 2.24) is 0 Å². The fourth-order valence-electron chi connectivity index (χ4n) is 3.29. The van der Waals surface area contributed by atoms with Crippen LogP contribution in [0.15, 0.2) is 71.3 Å². The van der Waals surface area contributed by atoms with Crippen LogP contribution in [-0.2, 0) is 0 Å². The monoisotopic (exact) mass is 345 g/mol. The van der Waals surface area contributed by atoms with Crippen LogP contribution < -0.4 is 16.0 Å². The van der Waals surface area contributed by atoms with Crippen LogP contribution in [0, 0.1) is 22.7 Å².